The third-order valence-electron chi connectivity index (χ3n) is 3.34. The van der Waals surface area contributed by atoms with Crippen molar-refractivity contribution < 1.29 is 4.79 Å². The zero-order valence-corrected chi connectivity index (χ0v) is 14.1. The molecule has 0 aliphatic carbocycles. The second-order valence-electron chi connectivity index (χ2n) is 5.23. The standard InChI is InChI=1S/C19H20N4O/c1-5-12-21-19(24)17-18(20-6-2)22-16(23(17)4)11-10-15-9-7-8-14(3)13-15/h1,7-9,13,20H,6,12H2,2-4H3,(H,21,24). The molecule has 2 rings (SSSR count). The maximum absolute atomic E-state index is 12.3. The number of terminal acetylenes is 1. The third-order valence-corrected chi connectivity index (χ3v) is 3.34. The van der Waals surface area contributed by atoms with Crippen LogP contribution in [0.2, 0.25) is 0 Å². The van der Waals surface area contributed by atoms with E-state index >= 15 is 0 Å². The molecule has 1 amide bonds. The largest absolute Gasteiger partial charge is 0.368 e. The minimum absolute atomic E-state index is 0.167. The van der Waals surface area contributed by atoms with Crippen molar-refractivity contribution in [2.45, 2.75) is 13.8 Å². The first kappa shape index (κ1) is 17.2. The molecule has 0 aliphatic heterocycles. The molecule has 1 aromatic carbocycles. The summed E-state index contributed by atoms with van der Waals surface area (Å²) in [4.78, 5) is 16.7. The summed E-state index contributed by atoms with van der Waals surface area (Å²) in [6, 6.07) is 7.92. The molecule has 2 aromatic rings. The van der Waals surface area contributed by atoms with E-state index in [1.54, 1.807) is 11.6 Å². The zero-order valence-electron chi connectivity index (χ0n) is 14.1. The number of amides is 1. The molecule has 5 nitrogen and oxygen atoms in total. The van der Waals surface area contributed by atoms with Crippen molar-refractivity contribution in [3.63, 3.8) is 0 Å². The van der Waals surface area contributed by atoms with E-state index in [2.05, 4.69) is 33.4 Å². The smallest absolute Gasteiger partial charge is 0.272 e. The van der Waals surface area contributed by atoms with Gasteiger partial charge in [-0.3, -0.25) is 4.79 Å². The van der Waals surface area contributed by atoms with Crippen molar-refractivity contribution in [3.8, 4) is 24.2 Å². The van der Waals surface area contributed by atoms with Gasteiger partial charge in [-0.25, -0.2) is 4.98 Å². The minimum Gasteiger partial charge on any atom is -0.368 e. The average Bonchev–Trinajstić information content (AvgIpc) is 2.87. The van der Waals surface area contributed by atoms with Crippen LogP contribution in [0.4, 0.5) is 5.82 Å². The number of aromatic nitrogens is 2. The number of carbonyl (C=O) groups is 1. The van der Waals surface area contributed by atoms with Gasteiger partial charge in [-0.1, -0.05) is 24.0 Å². The summed E-state index contributed by atoms with van der Waals surface area (Å²) in [5.41, 5.74) is 2.46. The highest BCUT2D eigenvalue weighted by molar-refractivity contribution is 5.97. The van der Waals surface area contributed by atoms with Gasteiger partial charge in [0.1, 0.15) is 0 Å². The quantitative estimate of drug-likeness (QED) is 0.846. The molecule has 0 spiro atoms. The van der Waals surface area contributed by atoms with Crippen LogP contribution in [-0.2, 0) is 7.05 Å². The number of anilines is 1. The van der Waals surface area contributed by atoms with Crippen molar-refractivity contribution in [2.75, 3.05) is 18.4 Å². The van der Waals surface area contributed by atoms with Gasteiger partial charge in [0, 0.05) is 19.2 Å². The minimum atomic E-state index is -0.275. The van der Waals surface area contributed by atoms with Gasteiger partial charge in [0.05, 0.1) is 6.54 Å². The number of hydrogen-bond donors (Lipinski definition) is 2. The highest BCUT2D eigenvalue weighted by Crippen LogP contribution is 2.15. The fourth-order valence-corrected chi connectivity index (χ4v) is 2.23. The van der Waals surface area contributed by atoms with Gasteiger partial charge in [-0.2, -0.15) is 0 Å². The molecule has 24 heavy (non-hydrogen) atoms. The molecule has 0 saturated heterocycles. The SMILES string of the molecule is C#CCNC(=O)c1c(NCC)nc(C#Cc2cccc(C)c2)n1C. The van der Waals surface area contributed by atoms with Crippen LogP contribution in [-0.4, -0.2) is 28.5 Å². The van der Waals surface area contributed by atoms with E-state index in [0.717, 1.165) is 11.1 Å². The number of nitrogens with zero attached hydrogens (tertiary/aromatic N) is 2. The Hall–Kier alpha value is -3.18. The zero-order chi connectivity index (χ0) is 17.5. The number of nitrogens with one attached hydrogen (secondary N) is 2. The second-order valence-corrected chi connectivity index (χ2v) is 5.23. The van der Waals surface area contributed by atoms with Crippen molar-refractivity contribution >= 4 is 11.7 Å². The number of carbonyl (C=O) groups excluding carboxylic acids is 1. The molecule has 1 heterocycles. The summed E-state index contributed by atoms with van der Waals surface area (Å²) in [6.07, 6.45) is 5.19. The van der Waals surface area contributed by atoms with E-state index in [9.17, 15) is 4.79 Å². The van der Waals surface area contributed by atoms with Gasteiger partial charge in [-0.05, 0) is 37.5 Å². The molecule has 122 valence electrons. The first-order chi connectivity index (χ1) is 11.6. The van der Waals surface area contributed by atoms with Crippen LogP contribution < -0.4 is 10.6 Å². The van der Waals surface area contributed by atoms with Crippen LogP contribution in [0, 0.1) is 31.1 Å². The molecule has 1 aromatic heterocycles. The first-order valence-electron chi connectivity index (χ1n) is 7.67. The lowest BCUT2D eigenvalue weighted by atomic mass is 10.1. The van der Waals surface area contributed by atoms with Crippen LogP contribution in [0.15, 0.2) is 24.3 Å². The van der Waals surface area contributed by atoms with Crippen LogP contribution in [0.1, 0.15) is 34.4 Å². The molecule has 0 atom stereocenters. The Bertz CT molecular complexity index is 846. The summed E-state index contributed by atoms with van der Waals surface area (Å²) < 4.78 is 1.67. The third kappa shape index (κ3) is 3.97. The van der Waals surface area contributed by atoms with E-state index in [4.69, 9.17) is 6.42 Å². The molecule has 0 fully saturated rings. The van der Waals surface area contributed by atoms with Gasteiger partial charge < -0.3 is 15.2 Å². The summed E-state index contributed by atoms with van der Waals surface area (Å²) in [7, 11) is 1.76. The van der Waals surface area contributed by atoms with E-state index in [-0.39, 0.29) is 12.5 Å². The van der Waals surface area contributed by atoms with Crippen LogP contribution >= 0.6 is 0 Å². The Labute approximate surface area is 142 Å². The van der Waals surface area contributed by atoms with E-state index < -0.39 is 0 Å². The molecular formula is C19H20N4O. The summed E-state index contributed by atoms with van der Waals surface area (Å²) in [5, 5.41) is 5.75. The van der Waals surface area contributed by atoms with Gasteiger partial charge in [0.25, 0.3) is 5.91 Å². The topological polar surface area (TPSA) is 59.0 Å². The van der Waals surface area contributed by atoms with E-state index in [1.807, 2.05) is 38.1 Å². The Kier molecular flexibility index (Phi) is 5.65. The van der Waals surface area contributed by atoms with Gasteiger partial charge in [0.2, 0.25) is 0 Å². The fraction of sp³-hybridized carbons (Fsp3) is 0.263. The lowest BCUT2D eigenvalue weighted by molar-refractivity contribution is 0.0951. The second kappa shape index (κ2) is 7.89. The van der Waals surface area contributed by atoms with E-state index in [0.29, 0.717) is 23.9 Å². The molecule has 0 aliphatic rings. The van der Waals surface area contributed by atoms with Crippen molar-refractivity contribution in [3.05, 3.63) is 46.9 Å². The highest BCUT2D eigenvalue weighted by atomic mass is 16.2. The van der Waals surface area contributed by atoms with Gasteiger partial charge in [0.15, 0.2) is 17.3 Å². The van der Waals surface area contributed by atoms with Crippen LogP contribution in [0.25, 0.3) is 0 Å². The molecule has 0 bridgehead atoms. The average molecular weight is 320 g/mol. The highest BCUT2D eigenvalue weighted by Gasteiger charge is 2.19. The molecule has 0 saturated carbocycles. The van der Waals surface area contributed by atoms with Crippen LogP contribution in [0.5, 0.6) is 0 Å². The van der Waals surface area contributed by atoms with Crippen molar-refractivity contribution in [2.24, 2.45) is 7.05 Å². The predicted octanol–water partition coefficient (Wildman–Crippen LogP) is 1.92. The Morgan fingerprint density at radius 2 is 2.17 bits per heavy atom. The normalized spacial score (nSPS) is 9.58. The maximum atomic E-state index is 12.3. The first-order valence-corrected chi connectivity index (χ1v) is 7.67. The van der Waals surface area contributed by atoms with Crippen LogP contribution in [0.3, 0.4) is 0 Å². The predicted molar refractivity (Wildman–Crippen MR) is 95.7 cm³/mol. The number of aryl methyl sites for hydroxylation is 1. The molecule has 5 heteroatoms. The summed E-state index contributed by atoms with van der Waals surface area (Å²) in [6.45, 7) is 4.77. The number of benzene rings is 1. The van der Waals surface area contributed by atoms with E-state index in [1.165, 1.54) is 0 Å². The fourth-order valence-electron chi connectivity index (χ4n) is 2.23. The summed E-state index contributed by atoms with van der Waals surface area (Å²) in [5.74, 6) is 9.24. The lowest BCUT2D eigenvalue weighted by Gasteiger charge is -2.06. The van der Waals surface area contributed by atoms with Gasteiger partial charge in [-0.15, -0.1) is 6.42 Å². The Balaban J connectivity index is 2.38. The molecular weight excluding hydrogens is 300 g/mol. The molecule has 2 N–H and O–H groups in total. The Morgan fingerprint density at radius 1 is 1.38 bits per heavy atom. The molecule has 0 radical (unpaired) electrons. The maximum Gasteiger partial charge on any atom is 0.272 e. The monoisotopic (exact) mass is 320 g/mol. The summed E-state index contributed by atoms with van der Waals surface area (Å²) >= 11 is 0. The number of hydrogen-bond acceptors (Lipinski definition) is 3. The van der Waals surface area contributed by atoms with Crippen molar-refractivity contribution in [1.82, 2.24) is 14.9 Å². The lowest BCUT2D eigenvalue weighted by Crippen LogP contribution is -2.26. The molecule has 0 unspecified atom stereocenters. The van der Waals surface area contributed by atoms with Crippen molar-refractivity contribution in [1.29, 1.82) is 0 Å². The number of imidazole rings is 1. The van der Waals surface area contributed by atoms with Gasteiger partial charge >= 0.3 is 0 Å². The number of rotatable bonds is 4. The Morgan fingerprint density at radius 3 is 2.83 bits per heavy atom.